The van der Waals surface area contributed by atoms with Gasteiger partial charge in [-0.3, -0.25) is 30.6 Å². The van der Waals surface area contributed by atoms with Gasteiger partial charge in [-0.2, -0.15) is 0 Å². The van der Waals surface area contributed by atoms with E-state index in [9.17, 15) is 19.2 Å². The van der Waals surface area contributed by atoms with Crippen molar-refractivity contribution in [1.82, 2.24) is 21.5 Å². The van der Waals surface area contributed by atoms with Crippen LogP contribution in [0.3, 0.4) is 0 Å². The van der Waals surface area contributed by atoms with Gasteiger partial charge in [-0.1, -0.05) is 26.2 Å². The van der Waals surface area contributed by atoms with Crippen LogP contribution in [-0.2, 0) is 9.59 Å². The third kappa shape index (κ3) is 5.74. The number of carbonyl (C=O) groups excluding carboxylic acids is 4. The van der Waals surface area contributed by atoms with E-state index in [0.29, 0.717) is 43.6 Å². The molecule has 168 valence electrons. The number of unbranched alkanes of at least 4 members (excludes halogenated alkanes) is 3. The van der Waals surface area contributed by atoms with E-state index in [1.54, 1.807) is 24.3 Å². The highest BCUT2D eigenvalue weighted by Gasteiger charge is 2.48. The Kier molecular flexibility index (Phi) is 7.49. The molecule has 2 aliphatic rings. The summed E-state index contributed by atoms with van der Waals surface area (Å²) in [5.74, 6) is -0.688. The molecule has 31 heavy (non-hydrogen) atoms. The first kappa shape index (κ1) is 22.6. The number of rotatable bonds is 8. The van der Waals surface area contributed by atoms with E-state index < -0.39 is 17.5 Å². The minimum absolute atomic E-state index is 0.306. The second-order valence-corrected chi connectivity index (χ2v) is 8.14. The predicted molar refractivity (Wildman–Crippen MR) is 113 cm³/mol. The van der Waals surface area contributed by atoms with Crippen LogP contribution >= 0.6 is 0 Å². The monoisotopic (exact) mass is 430 g/mol. The maximum Gasteiger partial charge on any atom is 0.322 e. The molecule has 2 fully saturated rings. The minimum Gasteiger partial charge on any atom is -0.494 e. The van der Waals surface area contributed by atoms with Gasteiger partial charge in [0, 0.05) is 11.5 Å². The Morgan fingerprint density at radius 1 is 1.06 bits per heavy atom. The number of imide groups is 1. The Balaban J connectivity index is 1.40. The second-order valence-electron chi connectivity index (χ2n) is 8.14. The maximum atomic E-state index is 12.4. The molecule has 9 nitrogen and oxygen atoms in total. The fourth-order valence-corrected chi connectivity index (χ4v) is 3.97. The van der Waals surface area contributed by atoms with Crippen molar-refractivity contribution in [3.05, 3.63) is 29.8 Å². The van der Waals surface area contributed by atoms with Gasteiger partial charge in [-0.15, -0.1) is 0 Å². The molecule has 4 N–H and O–H groups in total. The number of urea groups is 1. The highest BCUT2D eigenvalue weighted by Crippen LogP contribution is 2.34. The zero-order valence-corrected chi connectivity index (χ0v) is 17.8. The van der Waals surface area contributed by atoms with Crippen LogP contribution in [0.15, 0.2) is 24.3 Å². The molecule has 0 radical (unpaired) electrons. The Hall–Kier alpha value is -3.10. The van der Waals surface area contributed by atoms with Crippen molar-refractivity contribution < 1.29 is 23.9 Å². The van der Waals surface area contributed by atoms with Crippen molar-refractivity contribution in [2.24, 2.45) is 5.92 Å². The smallest absolute Gasteiger partial charge is 0.322 e. The number of carbonyl (C=O) groups is 4. The van der Waals surface area contributed by atoms with Crippen LogP contribution in [0.25, 0.3) is 0 Å². The van der Waals surface area contributed by atoms with Crippen molar-refractivity contribution in [2.75, 3.05) is 6.61 Å². The Morgan fingerprint density at radius 2 is 1.77 bits per heavy atom. The summed E-state index contributed by atoms with van der Waals surface area (Å²) >= 11 is 0. The van der Waals surface area contributed by atoms with Crippen LogP contribution in [0.2, 0.25) is 0 Å². The fourth-order valence-electron chi connectivity index (χ4n) is 3.97. The van der Waals surface area contributed by atoms with Gasteiger partial charge in [0.2, 0.25) is 5.91 Å². The molecule has 1 aliphatic carbocycles. The summed E-state index contributed by atoms with van der Waals surface area (Å²) < 4.78 is 5.66. The molecule has 1 saturated heterocycles. The minimum atomic E-state index is -0.906. The second kappa shape index (κ2) is 10.3. The normalized spacial score (nSPS) is 22.5. The zero-order chi connectivity index (χ0) is 22.3. The van der Waals surface area contributed by atoms with Gasteiger partial charge in [0.05, 0.1) is 6.61 Å². The Labute approximate surface area is 181 Å². The summed E-state index contributed by atoms with van der Waals surface area (Å²) in [5.41, 5.74) is 4.39. The summed E-state index contributed by atoms with van der Waals surface area (Å²) in [6.07, 6.45) is 6.17. The lowest BCUT2D eigenvalue weighted by molar-refractivity contribution is -0.130. The van der Waals surface area contributed by atoms with Gasteiger partial charge < -0.3 is 10.1 Å². The third-order valence-electron chi connectivity index (χ3n) is 5.91. The van der Waals surface area contributed by atoms with Crippen LogP contribution in [-0.4, -0.2) is 35.9 Å². The summed E-state index contributed by atoms with van der Waals surface area (Å²) in [7, 11) is 0. The standard InChI is InChI=1S/C22H30N4O5/c1-2-3-4-5-14-31-17-8-6-15(7-9-17)18(27)25-26-19(28)16-10-12-22(13-11-16)20(29)23-21(30)24-22/h6-9,16H,2-5,10-14H2,1H3,(H,25,27)(H,26,28)(H2,23,24,29,30). The number of nitrogens with one attached hydrogen (secondary N) is 4. The van der Waals surface area contributed by atoms with Gasteiger partial charge in [0.1, 0.15) is 11.3 Å². The number of hydrogen-bond donors (Lipinski definition) is 4. The molecule has 1 aromatic carbocycles. The van der Waals surface area contributed by atoms with Gasteiger partial charge in [-0.25, -0.2) is 4.79 Å². The Bertz CT molecular complexity index is 816. The fraction of sp³-hybridized carbons (Fsp3) is 0.545. The van der Waals surface area contributed by atoms with E-state index in [2.05, 4.69) is 28.4 Å². The number of hydrogen-bond acceptors (Lipinski definition) is 5. The number of benzene rings is 1. The van der Waals surface area contributed by atoms with Crippen LogP contribution in [0.5, 0.6) is 5.75 Å². The number of amides is 5. The van der Waals surface area contributed by atoms with Crippen LogP contribution < -0.4 is 26.2 Å². The SMILES string of the molecule is CCCCCCOc1ccc(C(=O)NNC(=O)C2CCC3(CC2)NC(=O)NC3=O)cc1. The molecule has 1 heterocycles. The average Bonchev–Trinajstić information content (AvgIpc) is 3.04. The van der Waals surface area contributed by atoms with Gasteiger partial charge in [0.25, 0.3) is 11.8 Å². The molecule has 5 amide bonds. The molecular formula is C22H30N4O5. The van der Waals surface area contributed by atoms with Gasteiger partial charge >= 0.3 is 6.03 Å². The topological polar surface area (TPSA) is 126 Å². The van der Waals surface area contributed by atoms with E-state index in [1.165, 1.54) is 12.8 Å². The summed E-state index contributed by atoms with van der Waals surface area (Å²) in [6, 6.07) is 6.27. The van der Waals surface area contributed by atoms with E-state index in [0.717, 1.165) is 12.8 Å². The molecule has 3 rings (SSSR count). The largest absolute Gasteiger partial charge is 0.494 e. The van der Waals surface area contributed by atoms with Crippen molar-refractivity contribution in [3.63, 3.8) is 0 Å². The Morgan fingerprint density at radius 3 is 2.39 bits per heavy atom. The van der Waals surface area contributed by atoms with Gasteiger partial charge in [0.15, 0.2) is 0 Å². The predicted octanol–water partition coefficient (Wildman–Crippen LogP) is 2.18. The molecular weight excluding hydrogens is 400 g/mol. The quantitative estimate of drug-likeness (QED) is 0.286. The summed E-state index contributed by atoms with van der Waals surface area (Å²) in [4.78, 5) is 48.0. The molecule has 1 spiro atoms. The molecule has 1 aliphatic heterocycles. The van der Waals surface area contributed by atoms with Crippen LogP contribution in [0.1, 0.15) is 68.6 Å². The van der Waals surface area contributed by atoms with Crippen molar-refractivity contribution >= 4 is 23.8 Å². The first-order valence-electron chi connectivity index (χ1n) is 10.9. The zero-order valence-electron chi connectivity index (χ0n) is 17.8. The maximum absolute atomic E-state index is 12.4. The van der Waals surface area contributed by atoms with E-state index in [4.69, 9.17) is 4.74 Å². The molecule has 1 saturated carbocycles. The molecule has 0 unspecified atom stereocenters. The van der Waals surface area contributed by atoms with Crippen molar-refractivity contribution in [1.29, 1.82) is 0 Å². The van der Waals surface area contributed by atoms with Gasteiger partial charge in [-0.05, 0) is 56.4 Å². The highest BCUT2D eigenvalue weighted by atomic mass is 16.5. The molecule has 9 heteroatoms. The summed E-state index contributed by atoms with van der Waals surface area (Å²) in [6.45, 7) is 2.81. The van der Waals surface area contributed by atoms with E-state index >= 15 is 0 Å². The lowest BCUT2D eigenvalue weighted by Gasteiger charge is -2.33. The third-order valence-corrected chi connectivity index (χ3v) is 5.91. The van der Waals surface area contributed by atoms with E-state index in [1.807, 2.05) is 0 Å². The first-order chi connectivity index (χ1) is 14.9. The van der Waals surface area contributed by atoms with Crippen molar-refractivity contribution in [3.8, 4) is 5.75 Å². The molecule has 0 atom stereocenters. The first-order valence-corrected chi connectivity index (χ1v) is 10.9. The summed E-state index contributed by atoms with van der Waals surface area (Å²) in [5, 5.41) is 4.91. The highest BCUT2D eigenvalue weighted by molar-refractivity contribution is 6.07. The molecule has 0 aromatic heterocycles. The lowest BCUT2D eigenvalue weighted by Crippen LogP contribution is -2.52. The number of hydrazine groups is 1. The van der Waals surface area contributed by atoms with Crippen molar-refractivity contribution in [2.45, 2.75) is 63.8 Å². The van der Waals surface area contributed by atoms with Crippen LogP contribution in [0, 0.1) is 5.92 Å². The molecule has 1 aromatic rings. The van der Waals surface area contributed by atoms with Crippen LogP contribution in [0.4, 0.5) is 4.79 Å². The van der Waals surface area contributed by atoms with E-state index in [-0.39, 0.29) is 17.7 Å². The molecule has 0 bridgehead atoms. The number of ether oxygens (including phenoxy) is 1. The lowest BCUT2D eigenvalue weighted by atomic mass is 9.76. The average molecular weight is 431 g/mol.